The Balaban J connectivity index is 2.13. The molecule has 1 atom stereocenters. The first kappa shape index (κ1) is 16.8. The van der Waals surface area contributed by atoms with Gasteiger partial charge >= 0.3 is 5.69 Å². The molecular formula is C16H15ClN2O4. The highest BCUT2D eigenvalue weighted by Gasteiger charge is 2.21. The molecule has 7 heteroatoms. The molecule has 0 fully saturated rings. The molecule has 0 aromatic heterocycles. The van der Waals surface area contributed by atoms with E-state index in [-0.39, 0.29) is 11.4 Å². The molecule has 6 nitrogen and oxygen atoms in total. The Morgan fingerprint density at radius 1 is 1.30 bits per heavy atom. The van der Waals surface area contributed by atoms with Crippen LogP contribution in [0.15, 0.2) is 42.5 Å². The van der Waals surface area contributed by atoms with Gasteiger partial charge in [0.1, 0.15) is 0 Å². The second-order valence-corrected chi connectivity index (χ2v) is 5.36. The molecule has 120 valence electrons. The van der Waals surface area contributed by atoms with Gasteiger partial charge in [-0.3, -0.25) is 14.9 Å². The standard InChI is InChI=1S/C16H15ClN2O4/c1-10-7-8-15(14(9-10)19(21)22)23-11(2)16(20)18-13-6-4-3-5-12(13)17/h3-9,11H,1-2H3,(H,18,20)/t11-/m1/s1. The number of benzene rings is 2. The number of hydrogen-bond acceptors (Lipinski definition) is 4. The fourth-order valence-corrected chi connectivity index (χ4v) is 2.09. The summed E-state index contributed by atoms with van der Waals surface area (Å²) < 4.78 is 5.44. The van der Waals surface area contributed by atoms with Crippen LogP contribution in [0, 0.1) is 17.0 Å². The maximum atomic E-state index is 12.2. The molecule has 0 saturated carbocycles. The maximum Gasteiger partial charge on any atom is 0.311 e. The molecule has 2 aromatic rings. The third kappa shape index (κ3) is 4.20. The van der Waals surface area contributed by atoms with Crippen molar-refractivity contribution in [3.8, 4) is 5.75 Å². The lowest BCUT2D eigenvalue weighted by molar-refractivity contribution is -0.386. The number of rotatable bonds is 5. The van der Waals surface area contributed by atoms with Crippen LogP contribution in [-0.2, 0) is 4.79 Å². The number of nitrogens with zero attached hydrogens (tertiary/aromatic N) is 1. The lowest BCUT2D eigenvalue weighted by Gasteiger charge is -2.15. The topological polar surface area (TPSA) is 81.5 Å². The van der Waals surface area contributed by atoms with Gasteiger partial charge in [-0.2, -0.15) is 0 Å². The van der Waals surface area contributed by atoms with E-state index in [1.807, 2.05) is 0 Å². The summed E-state index contributed by atoms with van der Waals surface area (Å²) in [5.74, 6) is -0.407. The monoisotopic (exact) mass is 334 g/mol. The molecule has 0 unspecified atom stereocenters. The van der Waals surface area contributed by atoms with Gasteiger partial charge in [0.2, 0.25) is 0 Å². The summed E-state index contributed by atoms with van der Waals surface area (Å²) in [6.45, 7) is 3.25. The Hall–Kier alpha value is -2.60. The van der Waals surface area contributed by atoms with Crippen molar-refractivity contribution in [1.82, 2.24) is 0 Å². The van der Waals surface area contributed by atoms with Crippen LogP contribution in [0.5, 0.6) is 5.75 Å². The Morgan fingerprint density at radius 2 is 2.00 bits per heavy atom. The molecule has 0 spiro atoms. The summed E-state index contributed by atoms with van der Waals surface area (Å²) in [4.78, 5) is 22.7. The summed E-state index contributed by atoms with van der Waals surface area (Å²) in [7, 11) is 0. The van der Waals surface area contributed by atoms with Gasteiger partial charge in [-0.15, -0.1) is 0 Å². The SMILES string of the molecule is Cc1ccc(O[C@H](C)C(=O)Nc2ccccc2Cl)c([N+](=O)[O-])c1. The molecule has 1 N–H and O–H groups in total. The van der Waals surface area contributed by atoms with Crippen LogP contribution in [0.3, 0.4) is 0 Å². The third-order valence-corrected chi connectivity index (χ3v) is 3.45. The van der Waals surface area contributed by atoms with Gasteiger partial charge in [-0.25, -0.2) is 0 Å². The number of amides is 1. The second-order valence-electron chi connectivity index (χ2n) is 4.96. The number of aryl methyl sites for hydroxylation is 1. The van der Waals surface area contributed by atoms with Crippen LogP contribution in [0.2, 0.25) is 5.02 Å². The van der Waals surface area contributed by atoms with Gasteiger partial charge in [0, 0.05) is 6.07 Å². The smallest absolute Gasteiger partial charge is 0.311 e. The van der Waals surface area contributed by atoms with Crippen LogP contribution in [0.4, 0.5) is 11.4 Å². The van der Waals surface area contributed by atoms with Crippen molar-refractivity contribution in [2.45, 2.75) is 20.0 Å². The van der Waals surface area contributed by atoms with E-state index in [4.69, 9.17) is 16.3 Å². The molecule has 0 radical (unpaired) electrons. The number of carbonyl (C=O) groups is 1. The first-order valence-corrected chi connectivity index (χ1v) is 7.23. The number of hydrogen-bond donors (Lipinski definition) is 1. The van der Waals surface area contributed by atoms with Crippen molar-refractivity contribution in [2.75, 3.05) is 5.32 Å². The highest BCUT2D eigenvalue weighted by molar-refractivity contribution is 6.33. The van der Waals surface area contributed by atoms with Crippen molar-refractivity contribution in [3.63, 3.8) is 0 Å². The van der Waals surface area contributed by atoms with Crippen molar-refractivity contribution in [1.29, 1.82) is 0 Å². The quantitative estimate of drug-likeness (QED) is 0.662. The minimum absolute atomic E-state index is 0.0439. The summed E-state index contributed by atoms with van der Waals surface area (Å²) in [6.07, 6.45) is -0.923. The lowest BCUT2D eigenvalue weighted by Crippen LogP contribution is -2.30. The first-order chi connectivity index (χ1) is 10.9. The van der Waals surface area contributed by atoms with E-state index in [1.54, 1.807) is 37.3 Å². The second kappa shape index (κ2) is 7.11. The number of nitro groups is 1. The predicted molar refractivity (Wildman–Crippen MR) is 88.0 cm³/mol. The highest BCUT2D eigenvalue weighted by Crippen LogP contribution is 2.29. The average Bonchev–Trinajstić information content (AvgIpc) is 2.51. The lowest BCUT2D eigenvalue weighted by atomic mass is 10.2. The van der Waals surface area contributed by atoms with E-state index in [0.29, 0.717) is 10.7 Å². The Labute approximate surface area is 138 Å². The fraction of sp³-hybridized carbons (Fsp3) is 0.188. The zero-order valence-electron chi connectivity index (χ0n) is 12.6. The molecule has 0 aliphatic heterocycles. The number of nitrogens with one attached hydrogen (secondary N) is 1. The molecule has 0 heterocycles. The largest absolute Gasteiger partial charge is 0.474 e. The molecule has 0 saturated heterocycles. The number of para-hydroxylation sites is 1. The summed E-state index contributed by atoms with van der Waals surface area (Å²) >= 11 is 5.97. The van der Waals surface area contributed by atoms with E-state index in [1.165, 1.54) is 19.1 Å². The third-order valence-electron chi connectivity index (χ3n) is 3.12. The molecule has 0 bridgehead atoms. The van der Waals surface area contributed by atoms with Crippen molar-refractivity contribution >= 4 is 28.9 Å². The number of ether oxygens (including phenoxy) is 1. The van der Waals surface area contributed by atoms with E-state index in [0.717, 1.165) is 5.56 Å². The van der Waals surface area contributed by atoms with Gasteiger partial charge in [-0.1, -0.05) is 29.8 Å². The molecule has 23 heavy (non-hydrogen) atoms. The minimum atomic E-state index is -0.923. The number of carbonyl (C=O) groups excluding carboxylic acids is 1. The summed E-state index contributed by atoms with van der Waals surface area (Å²) in [5, 5.41) is 14.1. The van der Waals surface area contributed by atoms with E-state index < -0.39 is 16.9 Å². The molecule has 0 aliphatic carbocycles. The van der Waals surface area contributed by atoms with E-state index in [9.17, 15) is 14.9 Å². The fourth-order valence-electron chi connectivity index (χ4n) is 1.91. The van der Waals surface area contributed by atoms with E-state index in [2.05, 4.69) is 5.32 Å². The Morgan fingerprint density at radius 3 is 2.65 bits per heavy atom. The van der Waals surface area contributed by atoms with Gasteiger partial charge in [0.25, 0.3) is 5.91 Å². The summed E-state index contributed by atoms with van der Waals surface area (Å²) in [5.41, 5.74) is 1.01. The van der Waals surface area contributed by atoms with Gasteiger partial charge in [0.15, 0.2) is 11.9 Å². The number of nitro benzene ring substituents is 1. The van der Waals surface area contributed by atoms with Crippen LogP contribution >= 0.6 is 11.6 Å². The highest BCUT2D eigenvalue weighted by atomic mass is 35.5. The Kier molecular flexibility index (Phi) is 5.18. The normalized spacial score (nSPS) is 11.6. The number of halogens is 1. The van der Waals surface area contributed by atoms with Crippen molar-refractivity contribution < 1.29 is 14.5 Å². The van der Waals surface area contributed by atoms with Crippen molar-refractivity contribution in [2.24, 2.45) is 0 Å². The van der Waals surface area contributed by atoms with E-state index >= 15 is 0 Å². The Bertz CT molecular complexity index is 749. The number of anilines is 1. The van der Waals surface area contributed by atoms with Crippen LogP contribution in [0.25, 0.3) is 0 Å². The van der Waals surface area contributed by atoms with Gasteiger partial charge in [0.05, 0.1) is 15.6 Å². The molecule has 0 aliphatic rings. The molecule has 1 amide bonds. The zero-order chi connectivity index (χ0) is 17.0. The maximum absolute atomic E-state index is 12.2. The zero-order valence-corrected chi connectivity index (χ0v) is 13.3. The van der Waals surface area contributed by atoms with Crippen LogP contribution in [-0.4, -0.2) is 16.9 Å². The van der Waals surface area contributed by atoms with Crippen molar-refractivity contribution in [3.05, 3.63) is 63.2 Å². The first-order valence-electron chi connectivity index (χ1n) is 6.85. The molecule has 2 rings (SSSR count). The van der Waals surface area contributed by atoms with Gasteiger partial charge < -0.3 is 10.1 Å². The van der Waals surface area contributed by atoms with Crippen LogP contribution in [0.1, 0.15) is 12.5 Å². The minimum Gasteiger partial charge on any atom is -0.474 e. The average molecular weight is 335 g/mol. The molecule has 2 aromatic carbocycles. The molecular weight excluding hydrogens is 320 g/mol. The summed E-state index contributed by atoms with van der Waals surface area (Å²) in [6, 6.07) is 11.3. The van der Waals surface area contributed by atoms with Gasteiger partial charge in [-0.05, 0) is 37.6 Å². The van der Waals surface area contributed by atoms with Crippen LogP contribution < -0.4 is 10.1 Å². The predicted octanol–water partition coefficient (Wildman–Crippen LogP) is 3.96.